The average Bonchev–Trinajstić information content (AvgIpc) is 3.14. The molecule has 1 amide bonds. The van der Waals surface area contributed by atoms with Crippen LogP contribution < -0.4 is 5.32 Å². The molecule has 1 heterocycles. The van der Waals surface area contributed by atoms with E-state index in [9.17, 15) is 18.0 Å². The van der Waals surface area contributed by atoms with E-state index in [-0.39, 0.29) is 11.1 Å². The highest BCUT2D eigenvalue weighted by atomic mass is 19.4. The van der Waals surface area contributed by atoms with Gasteiger partial charge in [0.25, 0.3) is 5.91 Å². The Balaban J connectivity index is 1.67. The average molecular weight is 424 g/mol. The number of alkyl halides is 3. The minimum Gasteiger partial charge on any atom is -0.436 e. The molecule has 0 radical (unpaired) electrons. The van der Waals surface area contributed by atoms with Gasteiger partial charge in [-0.3, -0.25) is 4.79 Å². The van der Waals surface area contributed by atoms with Gasteiger partial charge in [0.2, 0.25) is 5.89 Å². The van der Waals surface area contributed by atoms with Gasteiger partial charge >= 0.3 is 6.18 Å². The molecule has 0 fully saturated rings. The number of halogens is 3. The molecule has 0 saturated heterocycles. The monoisotopic (exact) mass is 424 g/mol. The quantitative estimate of drug-likeness (QED) is 0.399. The number of carbonyl (C=O) groups excluding carboxylic acids is 1. The summed E-state index contributed by atoms with van der Waals surface area (Å²) in [5.74, 6) is -0.216. The van der Waals surface area contributed by atoms with E-state index in [1.54, 1.807) is 19.1 Å². The van der Waals surface area contributed by atoms with Crippen LogP contribution in [0.25, 0.3) is 22.6 Å². The number of benzene rings is 3. The molecule has 7 heteroatoms. The second kappa shape index (κ2) is 7.58. The molecule has 4 aromatic rings. The number of anilines is 1. The first-order valence-corrected chi connectivity index (χ1v) is 9.60. The van der Waals surface area contributed by atoms with Gasteiger partial charge in [0.15, 0.2) is 5.58 Å². The first-order chi connectivity index (χ1) is 14.6. The van der Waals surface area contributed by atoms with E-state index in [0.717, 1.165) is 17.1 Å². The Morgan fingerprint density at radius 3 is 2.42 bits per heavy atom. The number of hydrogen-bond acceptors (Lipinski definition) is 3. The lowest BCUT2D eigenvalue weighted by Gasteiger charge is -2.14. The van der Waals surface area contributed by atoms with Crippen LogP contribution in [0, 0.1) is 20.8 Å². The third-order valence-electron chi connectivity index (χ3n) is 5.24. The highest BCUT2D eigenvalue weighted by Gasteiger charge is 2.33. The van der Waals surface area contributed by atoms with Gasteiger partial charge in [-0.25, -0.2) is 4.98 Å². The highest BCUT2D eigenvalue weighted by Crippen LogP contribution is 2.34. The second-order valence-corrected chi connectivity index (χ2v) is 7.40. The van der Waals surface area contributed by atoms with Gasteiger partial charge in [0, 0.05) is 16.8 Å². The third-order valence-corrected chi connectivity index (χ3v) is 5.24. The van der Waals surface area contributed by atoms with E-state index in [0.29, 0.717) is 28.3 Å². The van der Waals surface area contributed by atoms with Gasteiger partial charge in [-0.05, 0) is 67.8 Å². The summed E-state index contributed by atoms with van der Waals surface area (Å²) in [6.07, 6.45) is -4.53. The third kappa shape index (κ3) is 3.91. The van der Waals surface area contributed by atoms with Crippen LogP contribution in [0.2, 0.25) is 0 Å². The summed E-state index contributed by atoms with van der Waals surface area (Å²) in [7, 11) is 0. The predicted molar refractivity (Wildman–Crippen MR) is 113 cm³/mol. The Kier molecular flexibility index (Phi) is 5.05. The molecule has 0 aliphatic carbocycles. The van der Waals surface area contributed by atoms with E-state index in [1.807, 2.05) is 31.2 Å². The SMILES string of the molecule is Cc1ccc(C(=O)Nc2cccc(-c3nc4c(C)cccc4o3)c2C)cc1C(F)(F)F. The van der Waals surface area contributed by atoms with E-state index in [1.165, 1.54) is 19.1 Å². The fraction of sp³-hybridized carbons (Fsp3) is 0.167. The fourth-order valence-corrected chi connectivity index (χ4v) is 3.47. The molecule has 1 N–H and O–H groups in total. The number of rotatable bonds is 3. The van der Waals surface area contributed by atoms with E-state index in [4.69, 9.17) is 4.42 Å². The van der Waals surface area contributed by atoms with Crippen molar-refractivity contribution in [2.45, 2.75) is 26.9 Å². The number of nitrogens with one attached hydrogen (secondary N) is 1. The minimum atomic E-state index is -4.53. The molecule has 4 rings (SSSR count). The van der Waals surface area contributed by atoms with E-state index < -0.39 is 17.6 Å². The molecule has 0 bridgehead atoms. The maximum absolute atomic E-state index is 13.2. The number of fused-ring (bicyclic) bond motifs is 1. The number of aromatic nitrogens is 1. The van der Waals surface area contributed by atoms with Crippen LogP contribution in [0.3, 0.4) is 0 Å². The van der Waals surface area contributed by atoms with Crippen molar-refractivity contribution < 1.29 is 22.4 Å². The van der Waals surface area contributed by atoms with Gasteiger partial charge in [-0.2, -0.15) is 13.2 Å². The molecule has 3 aromatic carbocycles. The Hall–Kier alpha value is -3.61. The Morgan fingerprint density at radius 2 is 1.71 bits per heavy atom. The van der Waals surface area contributed by atoms with Gasteiger partial charge in [-0.1, -0.05) is 24.3 Å². The summed E-state index contributed by atoms with van der Waals surface area (Å²) in [5, 5.41) is 2.70. The Morgan fingerprint density at radius 1 is 0.968 bits per heavy atom. The fourth-order valence-electron chi connectivity index (χ4n) is 3.47. The van der Waals surface area contributed by atoms with Gasteiger partial charge < -0.3 is 9.73 Å². The molecule has 0 aliphatic rings. The first kappa shape index (κ1) is 20.7. The molecule has 31 heavy (non-hydrogen) atoms. The predicted octanol–water partition coefficient (Wildman–Crippen LogP) is 6.69. The number of para-hydroxylation sites is 1. The number of aryl methyl sites for hydroxylation is 2. The molecule has 0 unspecified atom stereocenters. The van der Waals surface area contributed by atoms with Crippen LogP contribution in [-0.4, -0.2) is 10.9 Å². The molecule has 0 atom stereocenters. The normalized spacial score (nSPS) is 11.7. The minimum absolute atomic E-state index is 0.0634. The summed E-state index contributed by atoms with van der Waals surface area (Å²) in [5.41, 5.74) is 3.41. The maximum atomic E-state index is 13.2. The molecule has 0 aliphatic heterocycles. The summed E-state index contributed by atoms with van der Waals surface area (Å²) < 4.78 is 45.5. The maximum Gasteiger partial charge on any atom is 0.416 e. The Bertz CT molecular complexity index is 1310. The topological polar surface area (TPSA) is 55.1 Å². The van der Waals surface area contributed by atoms with Crippen molar-refractivity contribution in [2.75, 3.05) is 5.32 Å². The standard InChI is InChI=1S/C24H19F3N2O2/c1-13-10-11-16(12-18(13)24(25,26)27)22(30)28-19-8-5-7-17(15(19)3)23-29-21-14(2)6-4-9-20(21)31-23/h4-12H,1-3H3,(H,28,30). The van der Waals surface area contributed by atoms with Crippen molar-refractivity contribution in [2.24, 2.45) is 0 Å². The van der Waals surface area contributed by atoms with Crippen LogP contribution in [0.5, 0.6) is 0 Å². The van der Waals surface area contributed by atoms with Gasteiger partial charge in [0.1, 0.15) is 5.52 Å². The molecule has 4 nitrogen and oxygen atoms in total. The lowest BCUT2D eigenvalue weighted by atomic mass is 10.0. The molecular weight excluding hydrogens is 405 g/mol. The van der Waals surface area contributed by atoms with E-state index >= 15 is 0 Å². The number of oxazole rings is 1. The summed E-state index contributed by atoms with van der Waals surface area (Å²) >= 11 is 0. The van der Waals surface area contributed by atoms with Crippen molar-refractivity contribution >= 4 is 22.7 Å². The molecular formula is C24H19F3N2O2. The van der Waals surface area contributed by atoms with Crippen LogP contribution in [0.4, 0.5) is 18.9 Å². The van der Waals surface area contributed by atoms with Crippen LogP contribution in [-0.2, 0) is 6.18 Å². The lowest BCUT2D eigenvalue weighted by molar-refractivity contribution is -0.138. The van der Waals surface area contributed by atoms with Crippen molar-refractivity contribution in [3.63, 3.8) is 0 Å². The van der Waals surface area contributed by atoms with E-state index in [2.05, 4.69) is 10.3 Å². The number of carbonyl (C=O) groups is 1. The zero-order chi connectivity index (χ0) is 22.3. The zero-order valence-electron chi connectivity index (χ0n) is 17.1. The first-order valence-electron chi connectivity index (χ1n) is 9.60. The van der Waals surface area contributed by atoms with Crippen LogP contribution in [0.15, 0.2) is 59.0 Å². The Labute approximate surface area is 176 Å². The summed E-state index contributed by atoms with van der Waals surface area (Å²) in [6.45, 7) is 5.10. The van der Waals surface area contributed by atoms with Crippen molar-refractivity contribution in [1.29, 1.82) is 0 Å². The van der Waals surface area contributed by atoms with Crippen LogP contribution >= 0.6 is 0 Å². The van der Waals surface area contributed by atoms with Crippen molar-refractivity contribution in [3.8, 4) is 11.5 Å². The largest absolute Gasteiger partial charge is 0.436 e. The number of hydrogen-bond donors (Lipinski definition) is 1. The second-order valence-electron chi connectivity index (χ2n) is 7.40. The molecule has 0 saturated carbocycles. The number of nitrogens with zero attached hydrogens (tertiary/aromatic N) is 1. The molecule has 0 spiro atoms. The summed E-state index contributed by atoms with van der Waals surface area (Å²) in [6, 6.07) is 14.4. The van der Waals surface area contributed by atoms with Gasteiger partial charge in [0.05, 0.1) is 5.56 Å². The molecule has 158 valence electrons. The van der Waals surface area contributed by atoms with Crippen molar-refractivity contribution in [3.05, 3.63) is 82.4 Å². The lowest BCUT2D eigenvalue weighted by Crippen LogP contribution is -2.15. The van der Waals surface area contributed by atoms with Crippen molar-refractivity contribution in [1.82, 2.24) is 4.98 Å². The summed E-state index contributed by atoms with van der Waals surface area (Å²) in [4.78, 5) is 17.2. The highest BCUT2D eigenvalue weighted by molar-refractivity contribution is 6.05. The molecule has 1 aromatic heterocycles. The number of amides is 1. The van der Waals surface area contributed by atoms with Gasteiger partial charge in [-0.15, -0.1) is 0 Å². The smallest absolute Gasteiger partial charge is 0.416 e. The van der Waals surface area contributed by atoms with Crippen LogP contribution in [0.1, 0.15) is 32.6 Å². The zero-order valence-corrected chi connectivity index (χ0v) is 17.1.